The number of anilines is 2. The second-order valence-electron chi connectivity index (χ2n) is 8.53. The van der Waals surface area contributed by atoms with E-state index in [4.69, 9.17) is 4.74 Å². The molecule has 0 radical (unpaired) electrons. The van der Waals surface area contributed by atoms with E-state index in [1.807, 2.05) is 31.2 Å². The van der Waals surface area contributed by atoms with Crippen LogP contribution in [0.3, 0.4) is 0 Å². The lowest BCUT2D eigenvalue weighted by atomic mass is 10.2. The molecule has 1 aliphatic heterocycles. The fourth-order valence-electron chi connectivity index (χ4n) is 3.89. The lowest BCUT2D eigenvalue weighted by Gasteiger charge is -2.10. The lowest BCUT2D eigenvalue weighted by Crippen LogP contribution is -2.28. The summed E-state index contributed by atoms with van der Waals surface area (Å²) in [6.07, 6.45) is 7.62. The van der Waals surface area contributed by atoms with E-state index in [0.717, 1.165) is 30.6 Å². The van der Waals surface area contributed by atoms with Crippen LogP contribution in [0, 0.1) is 6.92 Å². The van der Waals surface area contributed by atoms with Crippen LogP contribution in [-0.4, -0.2) is 55.1 Å². The summed E-state index contributed by atoms with van der Waals surface area (Å²) in [5, 5.41) is 6.51. The molecule has 182 valence electrons. The van der Waals surface area contributed by atoms with Crippen molar-refractivity contribution in [2.24, 2.45) is 0 Å². The maximum Gasteiger partial charge on any atom is 0.356 e. The smallest absolute Gasteiger partial charge is 0.356 e. The zero-order valence-electron chi connectivity index (χ0n) is 19.9. The Bertz CT molecular complexity index is 1340. The molecule has 4 aromatic rings. The van der Waals surface area contributed by atoms with Gasteiger partial charge in [0, 0.05) is 36.7 Å². The molecule has 0 bridgehead atoms. The Labute approximate surface area is 208 Å². The van der Waals surface area contributed by atoms with E-state index in [-0.39, 0.29) is 11.7 Å². The van der Waals surface area contributed by atoms with Crippen molar-refractivity contribution in [2.75, 3.05) is 18.5 Å². The minimum atomic E-state index is -0.414. The van der Waals surface area contributed by atoms with Crippen LogP contribution in [0.15, 0.2) is 61.1 Å². The van der Waals surface area contributed by atoms with Gasteiger partial charge in [0.25, 0.3) is 0 Å². The van der Waals surface area contributed by atoms with Gasteiger partial charge >= 0.3 is 5.97 Å². The zero-order chi connectivity index (χ0) is 24.7. The number of ether oxygens (including phenoxy) is 1. The van der Waals surface area contributed by atoms with E-state index < -0.39 is 5.97 Å². The van der Waals surface area contributed by atoms with Crippen LogP contribution < -0.4 is 10.6 Å². The van der Waals surface area contributed by atoms with Crippen LogP contribution >= 0.6 is 0 Å². The van der Waals surface area contributed by atoms with Crippen LogP contribution in [0.1, 0.15) is 40.4 Å². The molecule has 2 N–H and O–H groups in total. The molecule has 1 aliphatic rings. The Kier molecular flexibility index (Phi) is 7.13. The average molecular weight is 483 g/mol. The first-order chi connectivity index (χ1) is 17.6. The van der Waals surface area contributed by atoms with Gasteiger partial charge in [-0.2, -0.15) is 0 Å². The normalized spacial score (nSPS) is 15.0. The molecule has 4 aromatic heterocycles. The topological polar surface area (TPSA) is 128 Å². The summed E-state index contributed by atoms with van der Waals surface area (Å²) in [6.45, 7) is 3.27. The first kappa shape index (κ1) is 23.4. The van der Waals surface area contributed by atoms with E-state index in [9.17, 15) is 4.79 Å². The van der Waals surface area contributed by atoms with Gasteiger partial charge in [-0.1, -0.05) is 12.1 Å². The monoisotopic (exact) mass is 482 g/mol. The standard InChI is InChI=1S/C26H26N8O2/c1-17-4-2-6-20(31-17)25-29-13-10-23(34-25)32-22-9-12-28-24(33-22)14-18-7-8-21(30-15-18)26(35)36-16-19-5-3-11-27-19/h2,4,6-10,12-13,15,19,27H,3,5,11,14,16H2,1H3,(H,28,29,32,33,34)/t19-/m1/s1. The third kappa shape index (κ3) is 6.02. The number of nitrogens with one attached hydrogen (secondary N) is 2. The summed E-state index contributed by atoms with van der Waals surface area (Å²) in [4.78, 5) is 38.8. The molecule has 36 heavy (non-hydrogen) atoms. The van der Waals surface area contributed by atoms with Crippen molar-refractivity contribution in [1.29, 1.82) is 0 Å². The van der Waals surface area contributed by atoms with Crippen molar-refractivity contribution in [2.45, 2.75) is 32.2 Å². The van der Waals surface area contributed by atoms with Crippen LogP contribution in [0.25, 0.3) is 11.5 Å². The number of nitrogens with zero attached hydrogens (tertiary/aromatic N) is 6. The number of carbonyl (C=O) groups excluding carboxylic acids is 1. The Balaban J connectivity index is 1.21. The van der Waals surface area contributed by atoms with Gasteiger partial charge in [0.2, 0.25) is 0 Å². The summed E-state index contributed by atoms with van der Waals surface area (Å²) < 4.78 is 5.37. The number of carbonyl (C=O) groups is 1. The van der Waals surface area contributed by atoms with Crippen molar-refractivity contribution < 1.29 is 9.53 Å². The number of aromatic nitrogens is 6. The zero-order valence-corrected chi connectivity index (χ0v) is 19.9. The third-order valence-corrected chi connectivity index (χ3v) is 5.71. The highest BCUT2D eigenvalue weighted by atomic mass is 16.5. The Morgan fingerprint density at radius 2 is 1.89 bits per heavy atom. The molecular weight excluding hydrogens is 456 g/mol. The van der Waals surface area contributed by atoms with Crippen molar-refractivity contribution in [3.8, 4) is 11.5 Å². The molecule has 0 unspecified atom stereocenters. The summed E-state index contributed by atoms with van der Waals surface area (Å²) in [5.74, 6) is 1.94. The molecule has 1 saturated heterocycles. The largest absolute Gasteiger partial charge is 0.459 e. The molecule has 0 aliphatic carbocycles. The van der Waals surface area contributed by atoms with E-state index in [1.165, 1.54) is 0 Å². The number of rotatable bonds is 8. The number of hydrogen-bond acceptors (Lipinski definition) is 10. The number of aryl methyl sites for hydroxylation is 1. The molecule has 5 heterocycles. The van der Waals surface area contributed by atoms with Crippen molar-refractivity contribution in [3.63, 3.8) is 0 Å². The Morgan fingerprint density at radius 3 is 2.67 bits per heavy atom. The molecule has 0 saturated carbocycles. The first-order valence-electron chi connectivity index (χ1n) is 11.8. The Morgan fingerprint density at radius 1 is 1.03 bits per heavy atom. The minimum absolute atomic E-state index is 0.236. The number of hydrogen-bond donors (Lipinski definition) is 2. The maximum atomic E-state index is 12.3. The summed E-state index contributed by atoms with van der Waals surface area (Å²) in [7, 11) is 0. The highest BCUT2D eigenvalue weighted by molar-refractivity contribution is 5.87. The molecule has 1 fully saturated rings. The van der Waals surface area contributed by atoms with Gasteiger partial charge in [-0.15, -0.1) is 0 Å². The van der Waals surface area contributed by atoms with Gasteiger partial charge in [-0.3, -0.25) is 0 Å². The van der Waals surface area contributed by atoms with Crippen LogP contribution in [0.5, 0.6) is 0 Å². The SMILES string of the molecule is Cc1cccc(-c2nccc(Nc3ccnc(Cc4ccc(C(=O)OC[C@H]5CCCN5)nc4)n3)n2)n1. The summed E-state index contributed by atoms with van der Waals surface area (Å²) in [5.41, 5.74) is 2.78. The Hall–Kier alpha value is -4.31. The second-order valence-corrected chi connectivity index (χ2v) is 8.53. The van der Waals surface area contributed by atoms with Gasteiger partial charge in [0.05, 0.1) is 0 Å². The molecule has 10 heteroatoms. The van der Waals surface area contributed by atoms with Gasteiger partial charge in [-0.05, 0) is 62.2 Å². The van der Waals surface area contributed by atoms with Gasteiger partial charge < -0.3 is 15.4 Å². The average Bonchev–Trinajstić information content (AvgIpc) is 3.42. The predicted molar refractivity (Wildman–Crippen MR) is 134 cm³/mol. The summed E-state index contributed by atoms with van der Waals surface area (Å²) >= 11 is 0. The molecule has 0 aromatic carbocycles. The quantitative estimate of drug-likeness (QED) is 0.361. The molecule has 5 rings (SSSR count). The fraction of sp³-hybridized carbons (Fsp3) is 0.269. The van der Waals surface area contributed by atoms with Gasteiger partial charge in [-0.25, -0.2) is 34.7 Å². The molecule has 0 spiro atoms. The van der Waals surface area contributed by atoms with Gasteiger partial charge in [0.1, 0.15) is 35.5 Å². The molecule has 10 nitrogen and oxygen atoms in total. The van der Waals surface area contributed by atoms with E-state index in [1.54, 1.807) is 36.8 Å². The van der Waals surface area contributed by atoms with Crippen molar-refractivity contribution in [1.82, 2.24) is 35.2 Å². The molecule has 0 amide bonds. The predicted octanol–water partition coefficient (Wildman–Crippen LogP) is 3.28. The molecule has 1 atom stereocenters. The van der Waals surface area contributed by atoms with E-state index in [0.29, 0.717) is 42.0 Å². The van der Waals surface area contributed by atoms with Crippen molar-refractivity contribution in [3.05, 3.63) is 83.8 Å². The highest BCUT2D eigenvalue weighted by Gasteiger charge is 2.17. The van der Waals surface area contributed by atoms with Gasteiger partial charge in [0.15, 0.2) is 5.82 Å². The van der Waals surface area contributed by atoms with E-state index >= 15 is 0 Å². The number of pyridine rings is 2. The van der Waals surface area contributed by atoms with E-state index in [2.05, 4.69) is 40.5 Å². The van der Waals surface area contributed by atoms with Crippen molar-refractivity contribution >= 4 is 17.6 Å². The second kappa shape index (κ2) is 11.0. The van der Waals surface area contributed by atoms with Crippen LogP contribution in [0.4, 0.5) is 11.6 Å². The highest BCUT2D eigenvalue weighted by Crippen LogP contribution is 2.17. The van der Waals surface area contributed by atoms with Crippen LogP contribution in [0.2, 0.25) is 0 Å². The molecular formula is C26H26N8O2. The lowest BCUT2D eigenvalue weighted by molar-refractivity contribution is 0.0466. The number of esters is 1. The maximum absolute atomic E-state index is 12.3. The summed E-state index contributed by atoms with van der Waals surface area (Å²) in [6, 6.07) is 13.0. The minimum Gasteiger partial charge on any atom is -0.459 e. The first-order valence-corrected chi connectivity index (χ1v) is 11.8. The third-order valence-electron chi connectivity index (χ3n) is 5.71. The fourth-order valence-corrected chi connectivity index (χ4v) is 3.89. The van der Waals surface area contributed by atoms with Crippen LogP contribution in [-0.2, 0) is 11.2 Å².